The Balaban J connectivity index is 1.48. The van der Waals surface area contributed by atoms with Crippen LogP contribution in [-0.4, -0.2) is 32.9 Å². The molecule has 0 fully saturated rings. The summed E-state index contributed by atoms with van der Waals surface area (Å²) < 4.78 is 27.6. The molecule has 0 spiro atoms. The number of benzene rings is 3. The molecule has 4 nitrogen and oxygen atoms in total. The fourth-order valence-electron chi connectivity index (χ4n) is 4.48. The average Bonchev–Trinajstić information content (AvgIpc) is 2.97. The van der Waals surface area contributed by atoms with Crippen molar-refractivity contribution in [1.82, 2.24) is 4.31 Å². The van der Waals surface area contributed by atoms with Crippen molar-refractivity contribution in [3.63, 3.8) is 0 Å². The number of rotatable bonds is 8. The lowest BCUT2D eigenvalue weighted by atomic mass is 10.0. The van der Waals surface area contributed by atoms with Gasteiger partial charge in [-0.3, -0.25) is 0 Å². The molecule has 168 valence electrons. The van der Waals surface area contributed by atoms with Crippen LogP contribution in [0.1, 0.15) is 36.5 Å². The molecule has 0 saturated heterocycles. The lowest BCUT2D eigenvalue weighted by Gasteiger charge is -2.28. The summed E-state index contributed by atoms with van der Waals surface area (Å²) in [4.78, 5) is 2.72. The highest BCUT2D eigenvalue weighted by atomic mass is 32.2. The van der Waals surface area contributed by atoms with Gasteiger partial charge in [-0.15, -0.1) is 0 Å². The predicted octanol–water partition coefficient (Wildman–Crippen LogP) is 5.59. The van der Waals surface area contributed by atoms with Crippen LogP contribution >= 0.6 is 0 Å². The van der Waals surface area contributed by atoms with E-state index >= 15 is 0 Å². The Morgan fingerprint density at radius 3 is 1.97 bits per heavy atom. The van der Waals surface area contributed by atoms with Gasteiger partial charge in [0.1, 0.15) is 0 Å². The van der Waals surface area contributed by atoms with Crippen LogP contribution in [0.3, 0.4) is 0 Å². The number of anilines is 2. The van der Waals surface area contributed by atoms with Gasteiger partial charge in [0.15, 0.2) is 0 Å². The van der Waals surface area contributed by atoms with Gasteiger partial charge < -0.3 is 4.90 Å². The number of sulfonamides is 1. The van der Waals surface area contributed by atoms with Crippen LogP contribution in [0.4, 0.5) is 11.4 Å². The maximum Gasteiger partial charge on any atom is 0.242 e. The Hall–Kier alpha value is -2.63. The van der Waals surface area contributed by atoms with E-state index in [2.05, 4.69) is 60.4 Å². The number of nitrogens with zero attached hydrogens (tertiary/aromatic N) is 2. The normalized spacial score (nSPS) is 13.5. The zero-order valence-corrected chi connectivity index (χ0v) is 19.8. The molecular weight excluding hydrogens is 416 g/mol. The zero-order valence-electron chi connectivity index (χ0n) is 19.0. The van der Waals surface area contributed by atoms with Gasteiger partial charge in [-0.2, -0.15) is 0 Å². The first kappa shape index (κ1) is 22.6. The minimum absolute atomic E-state index is 0.366. The van der Waals surface area contributed by atoms with E-state index in [1.807, 2.05) is 12.1 Å². The van der Waals surface area contributed by atoms with Crippen LogP contribution in [0.15, 0.2) is 77.7 Å². The van der Waals surface area contributed by atoms with Crippen LogP contribution < -0.4 is 4.90 Å². The van der Waals surface area contributed by atoms with Crippen LogP contribution in [0.25, 0.3) is 0 Å². The molecule has 0 unspecified atom stereocenters. The van der Waals surface area contributed by atoms with Crippen molar-refractivity contribution >= 4 is 21.4 Å². The fraction of sp³-hybridized carbons (Fsp3) is 0.333. The van der Waals surface area contributed by atoms with Crippen molar-refractivity contribution in [2.45, 2.75) is 43.9 Å². The first-order valence-corrected chi connectivity index (χ1v) is 12.9. The summed E-state index contributed by atoms with van der Waals surface area (Å²) in [5.41, 5.74) is 6.32. The summed E-state index contributed by atoms with van der Waals surface area (Å²) >= 11 is 0. The molecule has 0 N–H and O–H groups in total. The number of hydrogen-bond donors (Lipinski definition) is 0. The van der Waals surface area contributed by atoms with E-state index in [9.17, 15) is 8.42 Å². The highest BCUT2D eigenvalue weighted by Gasteiger charge is 2.23. The smallest absolute Gasteiger partial charge is 0.242 e. The summed E-state index contributed by atoms with van der Waals surface area (Å²) in [6, 6.07) is 24.4. The number of aryl methyl sites for hydroxylation is 3. The van der Waals surface area contributed by atoms with Crippen LogP contribution in [0, 0.1) is 0 Å². The third-order valence-corrected chi connectivity index (χ3v) is 8.12. The Morgan fingerprint density at radius 1 is 0.844 bits per heavy atom. The second-order valence-electron chi connectivity index (χ2n) is 8.48. The molecule has 0 radical (unpaired) electrons. The third-order valence-electron chi connectivity index (χ3n) is 6.25. The van der Waals surface area contributed by atoms with E-state index in [-0.39, 0.29) is 0 Å². The minimum atomic E-state index is -3.49. The first-order valence-electron chi connectivity index (χ1n) is 11.5. The molecule has 5 heteroatoms. The van der Waals surface area contributed by atoms with Gasteiger partial charge in [0.2, 0.25) is 10.0 Å². The van der Waals surface area contributed by atoms with Crippen molar-refractivity contribution in [2.75, 3.05) is 25.0 Å². The largest absolute Gasteiger partial charge is 0.341 e. The highest BCUT2D eigenvalue weighted by Crippen LogP contribution is 2.35. The summed E-state index contributed by atoms with van der Waals surface area (Å²) in [7, 11) is -1.81. The first-order chi connectivity index (χ1) is 15.5. The highest BCUT2D eigenvalue weighted by molar-refractivity contribution is 7.89. The molecule has 0 amide bonds. The molecule has 1 aliphatic rings. The molecule has 0 bridgehead atoms. The van der Waals surface area contributed by atoms with Gasteiger partial charge in [0.05, 0.1) is 4.90 Å². The maximum absolute atomic E-state index is 13.0. The van der Waals surface area contributed by atoms with Crippen molar-refractivity contribution in [3.05, 3.63) is 89.5 Å². The van der Waals surface area contributed by atoms with Gasteiger partial charge in [0, 0.05) is 31.5 Å². The number of para-hydroxylation sites is 2. The van der Waals surface area contributed by atoms with Crippen molar-refractivity contribution in [2.24, 2.45) is 0 Å². The van der Waals surface area contributed by atoms with E-state index in [1.54, 1.807) is 19.2 Å². The lowest BCUT2D eigenvalue weighted by Crippen LogP contribution is -2.30. The molecule has 32 heavy (non-hydrogen) atoms. The molecule has 1 heterocycles. The van der Waals surface area contributed by atoms with Gasteiger partial charge in [-0.05, 0) is 66.6 Å². The Kier molecular flexibility index (Phi) is 6.97. The van der Waals surface area contributed by atoms with Crippen LogP contribution in [0.2, 0.25) is 0 Å². The van der Waals surface area contributed by atoms with Crippen LogP contribution in [-0.2, 0) is 29.3 Å². The van der Waals surface area contributed by atoms with Gasteiger partial charge in [0.25, 0.3) is 0 Å². The molecule has 3 aromatic rings. The van der Waals surface area contributed by atoms with Gasteiger partial charge in [-0.25, -0.2) is 12.7 Å². The van der Waals surface area contributed by atoms with E-state index in [4.69, 9.17) is 0 Å². The summed E-state index contributed by atoms with van der Waals surface area (Å²) in [6.07, 6.45) is 4.80. The average molecular weight is 449 g/mol. The zero-order chi connectivity index (χ0) is 22.6. The summed E-state index contributed by atoms with van der Waals surface area (Å²) in [6.45, 7) is 3.36. The second kappa shape index (κ2) is 9.88. The monoisotopic (exact) mass is 448 g/mol. The van der Waals surface area contributed by atoms with E-state index < -0.39 is 10.0 Å². The summed E-state index contributed by atoms with van der Waals surface area (Å²) in [5, 5.41) is 0. The van der Waals surface area contributed by atoms with Crippen LogP contribution in [0.5, 0.6) is 0 Å². The third kappa shape index (κ3) is 4.74. The predicted molar refractivity (Wildman–Crippen MR) is 132 cm³/mol. The van der Waals surface area contributed by atoms with E-state index in [0.717, 1.165) is 38.6 Å². The second-order valence-corrected chi connectivity index (χ2v) is 10.5. The number of fused-ring (bicyclic) bond motifs is 2. The van der Waals surface area contributed by atoms with E-state index in [1.165, 1.54) is 32.4 Å². The quantitative estimate of drug-likeness (QED) is 0.451. The fourth-order valence-corrected chi connectivity index (χ4v) is 5.69. The van der Waals surface area contributed by atoms with Crippen molar-refractivity contribution < 1.29 is 8.42 Å². The summed E-state index contributed by atoms with van der Waals surface area (Å²) in [5.74, 6) is 0. The Bertz CT molecular complexity index is 1110. The molecule has 0 aromatic heterocycles. The molecule has 1 aliphatic heterocycles. The SMILES string of the molecule is CCCc1ccc(S(=O)(=O)N(C)CCCN2c3ccccc3CCc3ccccc32)cc1. The standard InChI is InChI=1S/C27H32N2O2S/c1-3-9-22-14-18-25(19-15-22)32(30,31)28(2)20-8-21-29-26-12-6-4-10-23(26)16-17-24-11-5-7-13-27(24)29/h4-7,10-15,18-19H,3,8-9,16-17,20-21H2,1-2H3. The molecule has 0 atom stereocenters. The Labute approximate surface area is 192 Å². The molecular formula is C27H32N2O2S. The molecule has 0 aliphatic carbocycles. The lowest BCUT2D eigenvalue weighted by molar-refractivity contribution is 0.463. The molecule has 3 aromatic carbocycles. The number of hydrogen-bond acceptors (Lipinski definition) is 3. The van der Waals surface area contributed by atoms with Crippen molar-refractivity contribution in [1.29, 1.82) is 0 Å². The van der Waals surface area contributed by atoms with Gasteiger partial charge >= 0.3 is 0 Å². The minimum Gasteiger partial charge on any atom is -0.341 e. The molecule has 4 rings (SSSR count). The van der Waals surface area contributed by atoms with E-state index in [0.29, 0.717) is 11.4 Å². The molecule has 0 saturated carbocycles. The maximum atomic E-state index is 13.0. The topological polar surface area (TPSA) is 40.6 Å². The van der Waals surface area contributed by atoms with Crippen molar-refractivity contribution in [3.8, 4) is 0 Å². The van der Waals surface area contributed by atoms with Gasteiger partial charge in [-0.1, -0.05) is 61.9 Å². The Morgan fingerprint density at radius 2 is 1.41 bits per heavy atom.